The number of imide groups is 1. The predicted octanol–water partition coefficient (Wildman–Crippen LogP) is 1.72. The zero-order valence-corrected chi connectivity index (χ0v) is 15.8. The molecule has 2 heterocycles. The van der Waals surface area contributed by atoms with Gasteiger partial charge in [0.05, 0.1) is 17.7 Å². The van der Waals surface area contributed by atoms with E-state index in [0.717, 1.165) is 24.8 Å². The number of halogens is 1. The molecule has 1 saturated carbocycles. The molecule has 4 rings (SSSR count). The Labute approximate surface area is 162 Å². The Hall–Kier alpha value is -1.87. The second-order valence-corrected chi connectivity index (χ2v) is 8.14. The number of carbonyl (C=O) groups is 2. The molecule has 7 nitrogen and oxygen atoms in total. The molecular weight excluding hydrogens is 369 g/mol. The lowest BCUT2D eigenvalue weighted by Crippen LogP contribution is -2.58. The maximum atomic E-state index is 15.1. The highest BCUT2D eigenvalue weighted by Gasteiger charge is 2.49. The number of nitrogens with zero attached hydrogens (tertiary/aromatic N) is 1. The van der Waals surface area contributed by atoms with Crippen molar-refractivity contribution in [2.24, 2.45) is 0 Å². The normalized spacial score (nSPS) is 29.4. The summed E-state index contributed by atoms with van der Waals surface area (Å²) in [5.41, 5.74) is 1.24. The van der Waals surface area contributed by atoms with E-state index in [-0.39, 0.29) is 17.7 Å². The average molecular weight is 393 g/mol. The first-order valence-electron chi connectivity index (χ1n) is 9.53. The smallest absolute Gasteiger partial charge is 0.264 e. The van der Waals surface area contributed by atoms with Crippen LogP contribution in [0.2, 0.25) is 0 Å². The van der Waals surface area contributed by atoms with E-state index in [2.05, 4.69) is 0 Å². The van der Waals surface area contributed by atoms with Crippen molar-refractivity contribution >= 4 is 11.8 Å². The van der Waals surface area contributed by atoms with E-state index in [1.54, 1.807) is 32.0 Å². The molecule has 3 aliphatic rings. The van der Waals surface area contributed by atoms with Gasteiger partial charge in [0, 0.05) is 0 Å². The van der Waals surface area contributed by atoms with Crippen LogP contribution in [0.15, 0.2) is 18.2 Å². The second-order valence-electron chi connectivity index (χ2n) is 8.14. The number of hydrogen-bond acceptors (Lipinski definition) is 6. The number of aliphatic hydroxyl groups excluding tert-OH is 2. The van der Waals surface area contributed by atoms with Crippen LogP contribution in [0.3, 0.4) is 0 Å². The van der Waals surface area contributed by atoms with Crippen LogP contribution >= 0.6 is 0 Å². The van der Waals surface area contributed by atoms with Gasteiger partial charge in [0.25, 0.3) is 11.8 Å². The predicted molar refractivity (Wildman–Crippen MR) is 95.3 cm³/mol. The Bertz CT molecular complexity index is 808. The molecule has 4 atom stereocenters. The van der Waals surface area contributed by atoms with Crippen LogP contribution in [0.4, 0.5) is 4.39 Å². The Morgan fingerprint density at radius 3 is 2.54 bits per heavy atom. The summed E-state index contributed by atoms with van der Waals surface area (Å²) >= 11 is 0. The number of benzene rings is 1. The van der Waals surface area contributed by atoms with Gasteiger partial charge in [-0.3, -0.25) is 9.59 Å². The minimum atomic E-state index is -2.35. The third-order valence-electron chi connectivity index (χ3n) is 5.78. The van der Waals surface area contributed by atoms with Gasteiger partial charge in [-0.2, -0.15) is 0 Å². The van der Waals surface area contributed by atoms with Gasteiger partial charge in [0.2, 0.25) is 6.30 Å². The number of alkyl halides is 1. The van der Waals surface area contributed by atoms with E-state index < -0.39 is 42.2 Å². The van der Waals surface area contributed by atoms with Gasteiger partial charge in [-0.1, -0.05) is 12.5 Å². The topological polar surface area (TPSA) is 96.3 Å². The number of ether oxygens (including phenoxy) is 2. The number of rotatable bonds is 4. The molecule has 0 radical (unpaired) electrons. The van der Waals surface area contributed by atoms with Crippen molar-refractivity contribution in [3.63, 3.8) is 0 Å². The molecule has 2 fully saturated rings. The number of carbonyl (C=O) groups excluding carboxylic acids is 2. The maximum Gasteiger partial charge on any atom is 0.264 e. The molecule has 1 aromatic rings. The first-order chi connectivity index (χ1) is 13.2. The van der Waals surface area contributed by atoms with E-state index in [4.69, 9.17) is 9.47 Å². The van der Waals surface area contributed by atoms with Crippen LogP contribution in [0.5, 0.6) is 0 Å². The summed E-state index contributed by atoms with van der Waals surface area (Å²) in [6.07, 6.45) is -3.70. The Kier molecular flexibility index (Phi) is 4.78. The summed E-state index contributed by atoms with van der Waals surface area (Å²) < 4.78 is 25.8. The van der Waals surface area contributed by atoms with E-state index >= 15 is 4.39 Å². The van der Waals surface area contributed by atoms with Crippen LogP contribution in [-0.2, 0) is 9.47 Å². The zero-order valence-electron chi connectivity index (χ0n) is 15.8. The van der Waals surface area contributed by atoms with Crippen molar-refractivity contribution in [2.75, 3.05) is 6.61 Å². The SMILES string of the molecule is CC1(C)OC[C@@H](O)[C@H](C(O)[C@@H](F)N2C(=O)c3ccc(C4CCC4)cc3C2=O)O1. The van der Waals surface area contributed by atoms with Gasteiger partial charge in [-0.15, -0.1) is 0 Å². The molecule has 0 bridgehead atoms. The summed E-state index contributed by atoms with van der Waals surface area (Å²) in [7, 11) is 0. The molecule has 152 valence electrons. The van der Waals surface area contributed by atoms with Crippen molar-refractivity contribution in [3.8, 4) is 0 Å². The van der Waals surface area contributed by atoms with Gasteiger partial charge >= 0.3 is 0 Å². The molecule has 2 N–H and O–H groups in total. The third-order valence-corrected chi connectivity index (χ3v) is 5.78. The Morgan fingerprint density at radius 2 is 1.89 bits per heavy atom. The van der Waals surface area contributed by atoms with Crippen LogP contribution in [0.1, 0.15) is 65.3 Å². The highest BCUT2D eigenvalue weighted by Crippen LogP contribution is 2.38. The summed E-state index contributed by atoms with van der Waals surface area (Å²) in [5.74, 6) is -2.35. The second kappa shape index (κ2) is 6.88. The van der Waals surface area contributed by atoms with Gasteiger partial charge in [0.15, 0.2) is 5.79 Å². The Morgan fingerprint density at radius 1 is 1.21 bits per heavy atom. The van der Waals surface area contributed by atoms with Crippen molar-refractivity contribution in [3.05, 3.63) is 34.9 Å². The lowest BCUT2D eigenvalue weighted by atomic mass is 9.79. The summed E-state index contributed by atoms with van der Waals surface area (Å²) in [6.45, 7) is 2.97. The van der Waals surface area contributed by atoms with Crippen LogP contribution in [0.25, 0.3) is 0 Å². The third kappa shape index (κ3) is 3.14. The number of amides is 2. The molecule has 8 heteroatoms. The molecule has 1 aliphatic carbocycles. The number of fused-ring (bicyclic) bond motifs is 1. The largest absolute Gasteiger partial charge is 0.388 e. The minimum absolute atomic E-state index is 0.122. The van der Waals surface area contributed by atoms with Crippen molar-refractivity contribution in [1.82, 2.24) is 4.90 Å². The summed E-state index contributed by atoms with van der Waals surface area (Å²) in [5, 5.41) is 20.5. The van der Waals surface area contributed by atoms with Gasteiger partial charge in [0.1, 0.15) is 18.3 Å². The Balaban J connectivity index is 1.56. The van der Waals surface area contributed by atoms with E-state index in [1.165, 1.54) is 0 Å². The highest BCUT2D eigenvalue weighted by atomic mass is 19.1. The molecule has 2 aliphatic heterocycles. The van der Waals surface area contributed by atoms with E-state index in [0.29, 0.717) is 10.8 Å². The first-order valence-corrected chi connectivity index (χ1v) is 9.53. The standard InChI is InChI=1S/C20H24FNO6/c1-20(2)27-9-14(23)16(28-20)15(24)17(21)22-18(25)12-7-6-11(10-4-3-5-10)8-13(12)19(22)26/h6-8,10,14-17,23-24H,3-5,9H2,1-2H3/t14-,15?,16-,17+/m1/s1. The van der Waals surface area contributed by atoms with E-state index in [9.17, 15) is 19.8 Å². The maximum absolute atomic E-state index is 15.1. The molecular formula is C20H24FNO6. The molecule has 1 saturated heterocycles. The molecule has 2 amide bonds. The number of aliphatic hydroxyl groups is 2. The van der Waals surface area contributed by atoms with Gasteiger partial charge < -0.3 is 19.7 Å². The quantitative estimate of drug-likeness (QED) is 0.597. The fraction of sp³-hybridized carbons (Fsp3) is 0.600. The average Bonchev–Trinajstić information content (AvgIpc) is 2.85. The molecule has 0 aromatic heterocycles. The zero-order chi connectivity index (χ0) is 20.2. The van der Waals surface area contributed by atoms with Gasteiger partial charge in [-0.25, -0.2) is 9.29 Å². The molecule has 1 aromatic carbocycles. The van der Waals surface area contributed by atoms with Crippen LogP contribution in [0, 0.1) is 0 Å². The first kappa shape index (κ1) is 19.4. The fourth-order valence-electron chi connectivity index (χ4n) is 3.92. The molecule has 1 unspecified atom stereocenters. The van der Waals surface area contributed by atoms with E-state index in [1.807, 2.05) is 0 Å². The highest BCUT2D eigenvalue weighted by molar-refractivity contribution is 6.21. The lowest BCUT2D eigenvalue weighted by molar-refractivity contribution is -0.323. The van der Waals surface area contributed by atoms with Crippen LogP contribution < -0.4 is 0 Å². The number of hydrogen-bond donors (Lipinski definition) is 2. The lowest BCUT2D eigenvalue weighted by Gasteiger charge is -2.42. The van der Waals surface area contributed by atoms with Crippen molar-refractivity contribution in [1.29, 1.82) is 0 Å². The molecule has 0 spiro atoms. The summed E-state index contributed by atoms with van der Waals surface area (Å²) in [4.78, 5) is 25.8. The molecule has 28 heavy (non-hydrogen) atoms. The monoisotopic (exact) mass is 393 g/mol. The fourth-order valence-corrected chi connectivity index (χ4v) is 3.92. The van der Waals surface area contributed by atoms with Crippen molar-refractivity contribution < 1.29 is 33.7 Å². The van der Waals surface area contributed by atoms with Crippen LogP contribution in [-0.4, -0.2) is 63.9 Å². The van der Waals surface area contributed by atoms with Crippen molar-refractivity contribution in [2.45, 2.75) is 69.4 Å². The summed E-state index contributed by atoms with van der Waals surface area (Å²) in [6, 6.07) is 5.00. The van der Waals surface area contributed by atoms with Gasteiger partial charge in [-0.05, 0) is 50.3 Å². The minimum Gasteiger partial charge on any atom is -0.388 e.